The van der Waals surface area contributed by atoms with Gasteiger partial charge in [0, 0.05) is 6.61 Å². The molecule has 0 aliphatic carbocycles. The molecule has 14 heteroatoms. The molecule has 0 aromatic carbocycles. The van der Waals surface area contributed by atoms with E-state index < -0.39 is 36.6 Å². The fraction of sp³-hybridized carbons (Fsp3) is 0.611. The number of carbonyl (C=O) groups is 2. The van der Waals surface area contributed by atoms with Crippen molar-refractivity contribution in [3.63, 3.8) is 0 Å². The van der Waals surface area contributed by atoms with Crippen molar-refractivity contribution in [2.24, 2.45) is 0 Å². The Labute approximate surface area is 181 Å². The van der Waals surface area contributed by atoms with Crippen LogP contribution in [0.3, 0.4) is 0 Å². The number of imidazole rings is 1. The average molecular weight is 452 g/mol. The number of ether oxygens (including phenoxy) is 4. The zero-order valence-corrected chi connectivity index (χ0v) is 17.2. The molecule has 2 aliphatic heterocycles. The van der Waals surface area contributed by atoms with Crippen molar-refractivity contribution < 1.29 is 38.7 Å². The number of rotatable bonds is 7. The van der Waals surface area contributed by atoms with Crippen molar-refractivity contribution >= 4 is 29.0 Å². The lowest BCUT2D eigenvalue weighted by atomic mass is 10.1. The summed E-state index contributed by atoms with van der Waals surface area (Å²) in [7, 11) is 1.19. The summed E-state index contributed by atoms with van der Waals surface area (Å²) in [5.74, 6) is -0.114. The van der Waals surface area contributed by atoms with Crippen LogP contribution in [0.5, 0.6) is 0 Å². The maximum absolute atomic E-state index is 11.7. The van der Waals surface area contributed by atoms with E-state index >= 15 is 0 Å². The number of hydrogen-bond donors (Lipinski definition) is 4. The zero-order chi connectivity index (χ0) is 22.7. The van der Waals surface area contributed by atoms with E-state index in [1.807, 2.05) is 0 Å². The third-order valence-electron chi connectivity index (χ3n) is 5.22. The average Bonchev–Trinajstić information content (AvgIpc) is 3.52. The molecule has 0 radical (unpaired) electrons. The molecule has 0 bridgehead atoms. The van der Waals surface area contributed by atoms with Gasteiger partial charge in [-0.05, 0) is 6.42 Å². The molecule has 174 valence electrons. The topological polar surface area (TPSA) is 179 Å². The Morgan fingerprint density at radius 1 is 1.28 bits per heavy atom. The summed E-state index contributed by atoms with van der Waals surface area (Å²) in [6.45, 7) is 0.527. The van der Waals surface area contributed by atoms with Gasteiger partial charge in [0.05, 0.1) is 26.1 Å². The number of amides is 1. The van der Waals surface area contributed by atoms with Gasteiger partial charge in [-0.15, -0.1) is 0 Å². The Balaban J connectivity index is 1.42. The first-order valence-corrected chi connectivity index (χ1v) is 9.98. The molecule has 4 heterocycles. The van der Waals surface area contributed by atoms with Crippen LogP contribution < -0.4 is 10.6 Å². The third-order valence-corrected chi connectivity index (χ3v) is 5.22. The van der Waals surface area contributed by atoms with E-state index in [1.165, 1.54) is 24.3 Å². The number of aliphatic hydroxyl groups excluding tert-OH is 2. The van der Waals surface area contributed by atoms with E-state index in [4.69, 9.17) is 14.2 Å². The second-order valence-electron chi connectivity index (χ2n) is 7.33. The second kappa shape index (κ2) is 9.60. The van der Waals surface area contributed by atoms with E-state index in [9.17, 15) is 19.8 Å². The fourth-order valence-corrected chi connectivity index (χ4v) is 3.51. The number of methoxy groups -OCH3 is 1. The minimum absolute atomic E-state index is 0.111. The molecule has 2 aromatic heterocycles. The van der Waals surface area contributed by atoms with E-state index in [0.717, 1.165) is 6.42 Å². The molecule has 2 fully saturated rings. The van der Waals surface area contributed by atoms with Crippen LogP contribution in [0.2, 0.25) is 0 Å². The van der Waals surface area contributed by atoms with Crippen LogP contribution in [-0.4, -0.2) is 99.6 Å². The number of aliphatic hydroxyl groups is 2. The summed E-state index contributed by atoms with van der Waals surface area (Å²) in [5, 5.41) is 26.3. The third kappa shape index (κ3) is 4.57. The number of esters is 1. The fourth-order valence-electron chi connectivity index (χ4n) is 3.51. The molecule has 32 heavy (non-hydrogen) atoms. The molecule has 4 rings (SSSR count). The molecule has 3 unspecified atom stereocenters. The summed E-state index contributed by atoms with van der Waals surface area (Å²) in [6.07, 6.45) is -1.93. The molecule has 2 aromatic rings. The van der Waals surface area contributed by atoms with Crippen molar-refractivity contribution in [3.05, 3.63) is 12.7 Å². The standard InChI is InChI=1S/C18H24N6O8/c1-29-11(25)4-19-18(28)31-6-10-13(26)14(27)17(32-10)24-8-22-12-15(20-7-21-16(12)24)23-9-2-3-30-5-9/h7-10,13-14,17,26-27H,2-6H2,1H3,(H,19,28)(H,20,21,23)/t9?,10-,13-,14?,17?/m1/s1. The first-order chi connectivity index (χ1) is 15.5. The molecule has 2 saturated heterocycles. The summed E-state index contributed by atoms with van der Waals surface area (Å²) in [5.41, 5.74) is 0.877. The maximum atomic E-state index is 11.7. The van der Waals surface area contributed by atoms with E-state index in [1.54, 1.807) is 0 Å². The molecule has 1 amide bonds. The number of nitrogens with one attached hydrogen (secondary N) is 2. The van der Waals surface area contributed by atoms with Gasteiger partial charge in [-0.25, -0.2) is 19.7 Å². The smallest absolute Gasteiger partial charge is 0.407 e. The van der Waals surface area contributed by atoms with Gasteiger partial charge >= 0.3 is 12.1 Å². The van der Waals surface area contributed by atoms with Gasteiger partial charge in [0.1, 0.15) is 37.8 Å². The number of aromatic nitrogens is 4. The van der Waals surface area contributed by atoms with Crippen LogP contribution in [0.15, 0.2) is 12.7 Å². The predicted octanol–water partition coefficient (Wildman–Crippen LogP) is -1.45. The largest absolute Gasteiger partial charge is 0.468 e. The van der Waals surface area contributed by atoms with E-state index in [2.05, 4.69) is 30.3 Å². The Morgan fingerprint density at radius 2 is 2.12 bits per heavy atom. The Kier molecular flexibility index (Phi) is 6.64. The second-order valence-corrected chi connectivity index (χ2v) is 7.33. The molecule has 14 nitrogen and oxygen atoms in total. The number of hydrogen-bond acceptors (Lipinski definition) is 12. The number of nitrogens with zero attached hydrogens (tertiary/aromatic N) is 4. The monoisotopic (exact) mass is 452 g/mol. The highest BCUT2D eigenvalue weighted by molar-refractivity contribution is 5.83. The molecular weight excluding hydrogens is 428 g/mol. The van der Waals surface area contributed by atoms with Gasteiger partial charge < -0.3 is 39.8 Å². The number of fused-ring (bicyclic) bond motifs is 1. The van der Waals surface area contributed by atoms with Gasteiger partial charge in [0.15, 0.2) is 23.2 Å². The normalized spacial score (nSPS) is 27.4. The molecule has 4 N–H and O–H groups in total. The van der Waals surface area contributed by atoms with Gasteiger partial charge in [-0.2, -0.15) is 0 Å². The van der Waals surface area contributed by atoms with Crippen LogP contribution in [-0.2, 0) is 23.7 Å². The summed E-state index contributed by atoms with van der Waals surface area (Å²) >= 11 is 0. The van der Waals surface area contributed by atoms with Gasteiger partial charge in [0.2, 0.25) is 0 Å². The van der Waals surface area contributed by atoms with Gasteiger partial charge in [-0.3, -0.25) is 9.36 Å². The Bertz CT molecular complexity index is 964. The van der Waals surface area contributed by atoms with E-state index in [0.29, 0.717) is 30.2 Å². The molecule has 5 atom stereocenters. The predicted molar refractivity (Wildman–Crippen MR) is 105 cm³/mol. The SMILES string of the molecule is COC(=O)CNC(=O)OC[C@H]1OC(n2cnc3c(NC4CCOC4)ncnc32)C(O)[C@@H]1O. The summed E-state index contributed by atoms with van der Waals surface area (Å²) in [6, 6.07) is 0.111. The lowest BCUT2D eigenvalue weighted by Gasteiger charge is -2.17. The molecule has 0 spiro atoms. The minimum atomic E-state index is -1.33. The highest BCUT2D eigenvalue weighted by Crippen LogP contribution is 2.32. The van der Waals surface area contributed by atoms with Crippen molar-refractivity contribution in [2.45, 2.75) is 37.0 Å². The van der Waals surface area contributed by atoms with Crippen LogP contribution in [0.1, 0.15) is 12.6 Å². The maximum Gasteiger partial charge on any atom is 0.407 e. The lowest BCUT2D eigenvalue weighted by Crippen LogP contribution is -2.37. The number of alkyl carbamates (subject to hydrolysis) is 1. The first kappa shape index (κ1) is 22.1. The summed E-state index contributed by atoms with van der Waals surface area (Å²) < 4.78 is 22.0. The highest BCUT2D eigenvalue weighted by Gasteiger charge is 2.45. The molecule has 2 aliphatic rings. The zero-order valence-electron chi connectivity index (χ0n) is 17.2. The van der Waals surface area contributed by atoms with Crippen molar-refractivity contribution in [2.75, 3.05) is 38.8 Å². The van der Waals surface area contributed by atoms with Crippen LogP contribution >= 0.6 is 0 Å². The lowest BCUT2D eigenvalue weighted by molar-refractivity contribution is -0.139. The highest BCUT2D eigenvalue weighted by atomic mass is 16.6. The quantitative estimate of drug-likeness (QED) is 0.359. The molecule has 0 saturated carbocycles. The van der Waals surface area contributed by atoms with Gasteiger partial charge in [0.25, 0.3) is 0 Å². The summed E-state index contributed by atoms with van der Waals surface area (Å²) in [4.78, 5) is 35.5. The minimum Gasteiger partial charge on any atom is -0.468 e. The van der Waals surface area contributed by atoms with Crippen LogP contribution in [0, 0.1) is 0 Å². The first-order valence-electron chi connectivity index (χ1n) is 9.98. The van der Waals surface area contributed by atoms with Crippen molar-refractivity contribution in [3.8, 4) is 0 Å². The van der Waals surface area contributed by atoms with Crippen molar-refractivity contribution in [1.82, 2.24) is 24.8 Å². The Hall–Kier alpha value is -3.07. The van der Waals surface area contributed by atoms with Crippen LogP contribution in [0.4, 0.5) is 10.6 Å². The number of anilines is 1. The van der Waals surface area contributed by atoms with E-state index in [-0.39, 0.29) is 19.2 Å². The molecular formula is C18H24N6O8. The van der Waals surface area contributed by atoms with Crippen LogP contribution in [0.25, 0.3) is 11.2 Å². The van der Waals surface area contributed by atoms with Crippen molar-refractivity contribution in [1.29, 1.82) is 0 Å². The Morgan fingerprint density at radius 3 is 2.88 bits per heavy atom. The van der Waals surface area contributed by atoms with Gasteiger partial charge in [-0.1, -0.05) is 0 Å². The number of carbonyl (C=O) groups excluding carboxylic acids is 2.